The quantitative estimate of drug-likeness (QED) is 0.385. The third-order valence-corrected chi connectivity index (χ3v) is 7.15. The van der Waals surface area contributed by atoms with Crippen LogP contribution >= 0.6 is 0 Å². The number of para-hydroxylation sites is 2. The van der Waals surface area contributed by atoms with Gasteiger partial charge in [-0.25, -0.2) is 13.4 Å². The molecule has 0 aliphatic carbocycles. The van der Waals surface area contributed by atoms with Crippen LogP contribution in [0.3, 0.4) is 0 Å². The van der Waals surface area contributed by atoms with Crippen LogP contribution in [0.2, 0.25) is 0 Å². The Morgan fingerprint density at radius 3 is 2.43 bits per heavy atom. The summed E-state index contributed by atoms with van der Waals surface area (Å²) in [4.78, 5) is 17.6. The fraction of sp³-hybridized carbons (Fsp3) is 0.154. The zero-order valence-corrected chi connectivity index (χ0v) is 20.7. The summed E-state index contributed by atoms with van der Waals surface area (Å²) in [6.07, 6.45) is 1.70. The molecule has 4 aromatic rings. The van der Waals surface area contributed by atoms with Crippen LogP contribution in [-0.2, 0) is 10.0 Å². The Morgan fingerprint density at radius 1 is 0.971 bits per heavy atom. The number of benzene rings is 2. The van der Waals surface area contributed by atoms with Crippen LogP contribution in [0.4, 0.5) is 11.4 Å². The summed E-state index contributed by atoms with van der Waals surface area (Å²) in [6.45, 7) is 5.44. The first-order valence-electron chi connectivity index (χ1n) is 10.9. The Hall–Kier alpha value is -4.11. The molecule has 2 aromatic carbocycles. The normalized spacial score (nSPS) is 11.2. The third kappa shape index (κ3) is 4.90. The molecular formula is C26H26N4O4S. The second kappa shape index (κ2) is 9.63. The molecule has 35 heavy (non-hydrogen) atoms. The molecule has 9 heteroatoms. The summed E-state index contributed by atoms with van der Waals surface area (Å²) in [5, 5.41) is 2.83. The lowest BCUT2D eigenvalue weighted by Gasteiger charge is -2.14. The first kappa shape index (κ1) is 24.0. The van der Waals surface area contributed by atoms with Crippen LogP contribution in [-0.4, -0.2) is 31.0 Å². The second-order valence-electron chi connectivity index (χ2n) is 8.05. The van der Waals surface area contributed by atoms with Crippen LogP contribution < -0.4 is 14.8 Å². The fourth-order valence-corrected chi connectivity index (χ4v) is 5.27. The highest BCUT2D eigenvalue weighted by Gasteiger charge is 2.21. The van der Waals surface area contributed by atoms with E-state index in [0.717, 1.165) is 11.4 Å². The van der Waals surface area contributed by atoms with Crippen molar-refractivity contribution in [1.82, 2.24) is 9.55 Å². The molecule has 0 radical (unpaired) electrons. The maximum Gasteiger partial charge on any atom is 0.262 e. The fourth-order valence-electron chi connectivity index (χ4n) is 3.93. The van der Waals surface area contributed by atoms with Crippen molar-refractivity contribution in [2.24, 2.45) is 0 Å². The van der Waals surface area contributed by atoms with Crippen LogP contribution in [0.15, 0.2) is 77.8 Å². The number of carbonyl (C=O) groups is 1. The van der Waals surface area contributed by atoms with Gasteiger partial charge in [0.15, 0.2) is 0 Å². The average Bonchev–Trinajstić information content (AvgIpc) is 3.14. The minimum atomic E-state index is -3.94. The summed E-state index contributed by atoms with van der Waals surface area (Å²) >= 11 is 0. The molecule has 0 fully saturated rings. The van der Waals surface area contributed by atoms with Crippen molar-refractivity contribution < 1.29 is 17.9 Å². The molecule has 0 aliphatic rings. The van der Waals surface area contributed by atoms with Crippen molar-refractivity contribution in [3.63, 3.8) is 0 Å². The number of methoxy groups -OCH3 is 1. The smallest absolute Gasteiger partial charge is 0.262 e. The van der Waals surface area contributed by atoms with Crippen LogP contribution in [0.1, 0.15) is 27.3 Å². The largest absolute Gasteiger partial charge is 0.495 e. The molecule has 0 aliphatic heterocycles. The van der Waals surface area contributed by atoms with Gasteiger partial charge >= 0.3 is 0 Å². The van der Waals surface area contributed by atoms with E-state index in [4.69, 9.17) is 4.74 Å². The number of nitrogens with zero attached hydrogens (tertiary/aromatic N) is 2. The molecule has 2 N–H and O–H groups in total. The van der Waals surface area contributed by atoms with Crippen molar-refractivity contribution in [1.29, 1.82) is 0 Å². The summed E-state index contributed by atoms with van der Waals surface area (Å²) in [5.41, 5.74) is 3.30. The molecule has 8 nitrogen and oxygen atoms in total. The Labute approximate surface area is 204 Å². The summed E-state index contributed by atoms with van der Waals surface area (Å²) < 4.78 is 36.1. The molecular weight excluding hydrogens is 464 g/mol. The Morgan fingerprint density at radius 2 is 1.71 bits per heavy atom. The van der Waals surface area contributed by atoms with Crippen molar-refractivity contribution in [2.75, 3.05) is 17.1 Å². The van der Waals surface area contributed by atoms with Gasteiger partial charge in [0.2, 0.25) is 0 Å². The number of anilines is 2. The van der Waals surface area contributed by atoms with Crippen molar-refractivity contribution >= 4 is 27.3 Å². The number of aryl methyl sites for hydroxylation is 2. The molecule has 0 atom stereocenters. The standard InChI is InChI=1S/C26H26N4O4S/c1-17-12-13-20(16-24(17)35(32,33)29-22-9-5-6-10-23(22)34-4)28-26(31)21-15-18(2)30(19(21)3)25-11-7-8-14-27-25/h5-16,29H,1-4H3,(H,28,31). The number of hydrogen-bond acceptors (Lipinski definition) is 5. The Bertz CT molecular complexity index is 1500. The zero-order chi connectivity index (χ0) is 25.2. The van der Waals surface area contributed by atoms with Gasteiger partial charge in [-0.2, -0.15) is 0 Å². The van der Waals surface area contributed by atoms with E-state index in [1.54, 1.807) is 55.6 Å². The van der Waals surface area contributed by atoms with E-state index in [0.29, 0.717) is 34.1 Å². The monoisotopic (exact) mass is 490 g/mol. The predicted molar refractivity (Wildman–Crippen MR) is 136 cm³/mol. The van der Waals surface area contributed by atoms with Gasteiger partial charge in [0, 0.05) is 23.3 Å². The molecule has 0 bridgehead atoms. The molecule has 2 heterocycles. The van der Waals surface area contributed by atoms with Crippen molar-refractivity contribution in [3.05, 3.63) is 95.4 Å². The maximum absolute atomic E-state index is 13.2. The molecule has 0 saturated heterocycles. The SMILES string of the molecule is COc1ccccc1NS(=O)(=O)c1cc(NC(=O)c2cc(C)n(-c3ccccn3)c2C)ccc1C. The maximum atomic E-state index is 13.2. The lowest BCUT2D eigenvalue weighted by Crippen LogP contribution is -2.17. The Kier molecular flexibility index (Phi) is 6.61. The van der Waals surface area contributed by atoms with E-state index in [1.807, 2.05) is 36.6 Å². The Balaban J connectivity index is 1.62. The van der Waals surface area contributed by atoms with E-state index in [9.17, 15) is 13.2 Å². The van der Waals surface area contributed by atoms with Gasteiger partial charge in [0.25, 0.3) is 15.9 Å². The number of ether oxygens (including phenoxy) is 1. The highest BCUT2D eigenvalue weighted by Crippen LogP contribution is 2.29. The molecule has 0 unspecified atom stereocenters. The number of amides is 1. The van der Waals surface area contributed by atoms with E-state index in [2.05, 4.69) is 15.0 Å². The lowest BCUT2D eigenvalue weighted by atomic mass is 10.2. The second-order valence-corrected chi connectivity index (χ2v) is 9.70. The lowest BCUT2D eigenvalue weighted by molar-refractivity contribution is 0.102. The van der Waals surface area contributed by atoms with Gasteiger partial charge in [-0.1, -0.05) is 24.3 Å². The predicted octanol–water partition coefficient (Wildman–Crippen LogP) is 4.86. The summed E-state index contributed by atoms with van der Waals surface area (Å²) in [7, 11) is -2.47. The van der Waals surface area contributed by atoms with Gasteiger partial charge in [-0.3, -0.25) is 9.52 Å². The third-order valence-electron chi connectivity index (χ3n) is 5.64. The van der Waals surface area contributed by atoms with E-state index in [1.165, 1.54) is 13.2 Å². The first-order chi connectivity index (χ1) is 16.7. The minimum Gasteiger partial charge on any atom is -0.495 e. The van der Waals surface area contributed by atoms with E-state index >= 15 is 0 Å². The van der Waals surface area contributed by atoms with Gasteiger partial charge in [0.1, 0.15) is 11.6 Å². The summed E-state index contributed by atoms with van der Waals surface area (Å²) in [6, 6.07) is 18.9. The number of nitrogens with one attached hydrogen (secondary N) is 2. The topological polar surface area (TPSA) is 102 Å². The number of aromatic nitrogens is 2. The number of hydrogen-bond donors (Lipinski definition) is 2. The van der Waals surface area contributed by atoms with E-state index in [-0.39, 0.29) is 10.8 Å². The number of carbonyl (C=O) groups excluding carboxylic acids is 1. The number of sulfonamides is 1. The molecule has 1 amide bonds. The van der Waals surface area contributed by atoms with Gasteiger partial charge < -0.3 is 14.6 Å². The molecule has 180 valence electrons. The van der Waals surface area contributed by atoms with Crippen molar-refractivity contribution in [3.8, 4) is 11.6 Å². The van der Waals surface area contributed by atoms with Crippen LogP contribution in [0.25, 0.3) is 5.82 Å². The summed E-state index contributed by atoms with van der Waals surface area (Å²) in [5.74, 6) is 0.777. The zero-order valence-electron chi connectivity index (χ0n) is 19.9. The highest BCUT2D eigenvalue weighted by molar-refractivity contribution is 7.92. The molecule has 2 aromatic heterocycles. The molecule has 4 rings (SSSR count). The van der Waals surface area contributed by atoms with Crippen LogP contribution in [0, 0.1) is 20.8 Å². The number of rotatable bonds is 7. The van der Waals surface area contributed by atoms with Gasteiger partial charge in [0.05, 0.1) is 23.3 Å². The van der Waals surface area contributed by atoms with Gasteiger partial charge in [-0.15, -0.1) is 0 Å². The first-order valence-corrected chi connectivity index (χ1v) is 12.4. The van der Waals surface area contributed by atoms with Crippen molar-refractivity contribution in [2.45, 2.75) is 25.7 Å². The number of pyridine rings is 1. The van der Waals surface area contributed by atoms with E-state index < -0.39 is 10.0 Å². The highest BCUT2D eigenvalue weighted by atomic mass is 32.2. The minimum absolute atomic E-state index is 0.0557. The molecule has 0 spiro atoms. The van der Waals surface area contributed by atoms with Crippen LogP contribution in [0.5, 0.6) is 5.75 Å². The average molecular weight is 491 g/mol. The van der Waals surface area contributed by atoms with Gasteiger partial charge in [-0.05, 0) is 68.8 Å². The molecule has 0 saturated carbocycles.